The van der Waals surface area contributed by atoms with Crippen LogP contribution in [0.3, 0.4) is 0 Å². The van der Waals surface area contributed by atoms with E-state index < -0.39 is 29.8 Å². The topological polar surface area (TPSA) is 55.2 Å². The molecular weight excluding hydrogens is 383 g/mol. The second-order valence-electron chi connectivity index (χ2n) is 6.69. The number of nitrogens with zero attached hydrogens (tertiary/aromatic N) is 3. The van der Waals surface area contributed by atoms with E-state index >= 15 is 0 Å². The Morgan fingerprint density at radius 2 is 1.72 bits per heavy atom. The van der Waals surface area contributed by atoms with Gasteiger partial charge in [0.25, 0.3) is 5.56 Å². The molecule has 2 aromatic carbocycles. The van der Waals surface area contributed by atoms with Gasteiger partial charge in [-0.15, -0.1) is 0 Å². The van der Waals surface area contributed by atoms with E-state index in [0.29, 0.717) is 28.9 Å². The third kappa shape index (κ3) is 3.65. The number of carbonyl (C=O) groups excluding carboxylic acids is 1. The molecule has 4 rings (SSSR count). The van der Waals surface area contributed by atoms with Crippen molar-refractivity contribution in [2.45, 2.75) is 19.1 Å². The van der Waals surface area contributed by atoms with Gasteiger partial charge in [-0.25, -0.2) is 4.68 Å². The van der Waals surface area contributed by atoms with E-state index in [0.717, 1.165) is 11.6 Å². The fraction of sp³-hybridized carbons (Fsp3) is 0.190. The average molecular weight is 399 g/mol. The lowest BCUT2D eigenvalue weighted by Crippen LogP contribution is -2.38. The zero-order chi connectivity index (χ0) is 20.6. The maximum absolute atomic E-state index is 13.4. The zero-order valence-electron chi connectivity index (χ0n) is 15.2. The molecule has 148 valence electrons. The smallest absolute Gasteiger partial charge is 0.310 e. The molecule has 0 atom stereocenters. The van der Waals surface area contributed by atoms with E-state index in [2.05, 4.69) is 5.10 Å². The quantitative estimate of drug-likeness (QED) is 0.677. The van der Waals surface area contributed by atoms with E-state index in [1.807, 2.05) is 12.1 Å². The van der Waals surface area contributed by atoms with Crippen molar-refractivity contribution in [3.8, 4) is 11.3 Å². The van der Waals surface area contributed by atoms with Crippen LogP contribution in [-0.4, -0.2) is 22.2 Å². The molecule has 0 N–H and O–H groups in total. The molecule has 0 radical (unpaired) electrons. The molecule has 5 nitrogen and oxygen atoms in total. The molecule has 0 aliphatic carbocycles. The number of alkyl halides is 3. The number of benzene rings is 2. The van der Waals surface area contributed by atoms with Gasteiger partial charge in [0.1, 0.15) is 12.1 Å². The van der Waals surface area contributed by atoms with E-state index in [9.17, 15) is 22.8 Å². The van der Waals surface area contributed by atoms with Gasteiger partial charge in [0.15, 0.2) is 0 Å². The Hall–Kier alpha value is -3.42. The Balaban J connectivity index is 1.73. The Bertz CT molecular complexity index is 1120. The van der Waals surface area contributed by atoms with Crippen LogP contribution in [0.2, 0.25) is 0 Å². The van der Waals surface area contributed by atoms with Crippen LogP contribution in [0.15, 0.2) is 65.5 Å². The van der Waals surface area contributed by atoms with Crippen LogP contribution in [0.5, 0.6) is 0 Å². The Labute approximate surface area is 164 Å². The molecule has 1 amide bonds. The molecule has 0 spiro atoms. The molecular formula is C21H16F3N3O2. The summed E-state index contributed by atoms with van der Waals surface area (Å²) in [5, 5.41) is 4.04. The van der Waals surface area contributed by atoms with Crippen LogP contribution in [0.25, 0.3) is 11.3 Å². The van der Waals surface area contributed by atoms with E-state index in [-0.39, 0.29) is 5.69 Å². The van der Waals surface area contributed by atoms with Crippen LogP contribution in [0.4, 0.5) is 18.9 Å². The van der Waals surface area contributed by atoms with Gasteiger partial charge >= 0.3 is 6.18 Å². The van der Waals surface area contributed by atoms with Crippen LogP contribution < -0.4 is 10.5 Å². The van der Waals surface area contributed by atoms with Crippen LogP contribution in [0, 0.1) is 0 Å². The lowest BCUT2D eigenvalue weighted by Gasteiger charge is -2.18. The predicted molar refractivity (Wildman–Crippen MR) is 101 cm³/mol. The Kier molecular flexibility index (Phi) is 4.70. The largest absolute Gasteiger partial charge is 0.421 e. The standard InChI is InChI=1S/C21H16F3N3O2/c22-21(23,24)16-12-17(14-6-2-1-3-7-14)25-27(20(16)29)13-19(28)26-11-10-15-8-4-5-9-18(15)26/h1-9,12H,10-11,13H2. The third-order valence-electron chi connectivity index (χ3n) is 4.82. The molecule has 1 aliphatic rings. The molecule has 3 aromatic rings. The summed E-state index contributed by atoms with van der Waals surface area (Å²) >= 11 is 0. The van der Waals surface area contributed by atoms with Gasteiger partial charge in [-0.05, 0) is 24.1 Å². The van der Waals surface area contributed by atoms with Crippen molar-refractivity contribution >= 4 is 11.6 Å². The summed E-state index contributed by atoms with van der Waals surface area (Å²) in [5.41, 5.74) is -0.590. The van der Waals surface area contributed by atoms with E-state index in [1.165, 1.54) is 4.90 Å². The number of hydrogen-bond donors (Lipinski definition) is 0. The van der Waals surface area contributed by atoms with Gasteiger partial charge < -0.3 is 4.90 Å². The summed E-state index contributed by atoms with van der Waals surface area (Å²) < 4.78 is 40.9. The second kappa shape index (κ2) is 7.20. The van der Waals surface area contributed by atoms with Gasteiger partial charge in [-0.2, -0.15) is 18.3 Å². The maximum atomic E-state index is 13.4. The number of amides is 1. The molecule has 8 heteroatoms. The highest BCUT2D eigenvalue weighted by molar-refractivity contribution is 5.95. The number of para-hydroxylation sites is 1. The highest BCUT2D eigenvalue weighted by Gasteiger charge is 2.36. The monoisotopic (exact) mass is 399 g/mol. The van der Waals surface area contributed by atoms with Gasteiger partial charge in [-0.3, -0.25) is 9.59 Å². The molecule has 2 heterocycles. The Morgan fingerprint density at radius 3 is 2.45 bits per heavy atom. The summed E-state index contributed by atoms with van der Waals surface area (Å²) in [6, 6.07) is 16.3. The van der Waals surface area contributed by atoms with Crippen molar-refractivity contribution in [1.82, 2.24) is 9.78 Å². The van der Waals surface area contributed by atoms with Crippen molar-refractivity contribution < 1.29 is 18.0 Å². The summed E-state index contributed by atoms with van der Waals surface area (Å²) in [4.78, 5) is 26.7. The summed E-state index contributed by atoms with van der Waals surface area (Å²) in [5.74, 6) is -0.483. The summed E-state index contributed by atoms with van der Waals surface area (Å²) in [6.07, 6.45) is -4.20. The van der Waals surface area contributed by atoms with Gasteiger partial charge in [0, 0.05) is 17.8 Å². The lowest BCUT2D eigenvalue weighted by molar-refractivity contribution is -0.139. The van der Waals surface area contributed by atoms with Crippen molar-refractivity contribution in [2.24, 2.45) is 0 Å². The van der Waals surface area contributed by atoms with Gasteiger partial charge in [0.05, 0.1) is 5.69 Å². The first-order valence-corrected chi connectivity index (χ1v) is 8.97. The minimum absolute atomic E-state index is 0.0212. The number of fused-ring (bicyclic) bond motifs is 1. The van der Waals surface area contributed by atoms with Crippen LogP contribution in [0.1, 0.15) is 11.1 Å². The average Bonchev–Trinajstić information content (AvgIpc) is 3.13. The minimum Gasteiger partial charge on any atom is -0.310 e. The first-order chi connectivity index (χ1) is 13.8. The first kappa shape index (κ1) is 18.9. The number of hydrogen-bond acceptors (Lipinski definition) is 3. The fourth-order valence-electron chi connectivity index (χ4n) is 3.41. The Morgan fingerprint density at radius 1 is 1.03 bits per heavy atom. The SMILES string of the molecule is O=C(Cn1nc(-c2ccccc2)cc(C(F)(F)F)c1=O)N1CCc2ccccc21. The number of aromatic nitrogens is 2. The molecule has 1 aliphatic heterocycles. The summed E-state index contributed by atoms with van der Waals surface area (Å²) in [6.45, 7) is -0.158. The summed E-state index contributed by atoms with van der Waals surface area (Å²) in [7, 11) is 0. The highest BCUT2D eigenvalue weighted by atomic mass is 19.4. The number of rotatable bonds is 3. The zero-order valence-corrected chi connectivity index (χ0v) is 15.2. The van der Waals surface area contributed by atoms with E-state index in [1.54, 1.807) is 42.5 Å². The molecule has 0 unspecified atom stereocenters. The molecule has 1 aromatic heterocycles. The van der Waals surface area contributed by atoms with Crippen molar-refractivity contribution in [3.05, 3.63) is 82.1 Å². The van der Waals surface area contributed by atoms with Crippen molar-refractivity contribution in [1.29, 1.82) is 0 Å². The van der Waals surface area contributed by atoms with Gasteiger partial charge in [0.2, 0.25) is 5.91 Å². The van der Waals surface area contributed by atoms with Crippen molar-refractivity contribution in [2.75, 3.05) is 11.4 Å². The van der Waals surface area contributed by atoms with Crippen molar-refractivity contribution in [3.63, 3.8) is 0 Å². The maximum Gasteiger partial charge on any atom is 0.421 e. The second-order valence-corrected chi connectivity index (χ2v) is 6.69. The van der Waals surface area contributed by atoms with Crippen LogP contribution >= 0.6 is 0 Å². The number of anilines is 1. The molecule has 0 saturated heterocycles. The van der Waals surface area contributed by atoms with E-state index in [4.69, 9.17) is 0 Å². The first-order valence-electron chi connectivity index (χ1n) is 8.97. The highest BCUT2D eigenvalue weighted by Crippen LogP contribution is 2.30. The van der Waals surface area contributed by atoms with Crippen LogP contribution in [-0.2, 0) is 23.9 Å². The predicted octanol–water partition coefficient (Wildman–Crippen LogP) is 3.52. The third-order valence-corrected chi connectivity index (χ3v) is 4.82. The fourth-order valence-corrected chi connectivity index (χ4v) is 3.41. The normalized spacial score (nSPS) is 13.4. The molecule has 0 bridgehead atoms. The molecule has 29 heavy (non-hydrogen) atoms. The lowest BCUT2D eigenvalue weighted by atomic mass is 10.1. The molecule has 0 saturated carbocycles. The molecule has 0 fully saturated rings. The number of carbonyl (C=O) groups is 1. The minimum atomic E-state index is -4.85. The number of halogens is 3. The van der Waals surface area contributed by atoms with Gasteiger partial charge in [-0.1, -0.05) is 48.5 Å².